The van der Waals surface area contributed by atoms with E-state index in [2.05, 4.69) is 16.0 Å². The summed E-state index contributed by atoms with van der Waals surface area (Å²) >= 11 is 0. The molecule has 4 aromatic rings. The molecule has 0 radical (unpaired) electrons. The Kier molecular flexibility index (Phi) is 4.26. The maximum absolute atomic E-state index is 11.5. The van der Waals surface area contributed by atoms with Crippen LogP contribution < -0.4 is 4.74 Å². The first-order valence-electron chi connectivity index (χ1n) is 8.55. The molecule has 0 aliphatic rings. The van der Waals surface area contributed by atoms with Gasteiger partial charge in [-0.25, -0.2) is 9.78 Å². The number of aromatic carboxylic acids is 1. The van der Waals surface area contributed by atoms with Gasteiger partial charge in [0.25, 0.3) is 0 Å². The number of carboxylic acid groups (broad SMARTS) is 1. The van der Waals surface area contributed by atoms with Crippen molar-refractivity contribution in [1.82, 2.24) is 9.97 Å². The molecule has 1 aromatic heterocycles. The molecule has 0 spiro atoms. The Morgan fingerprint density at radius 3 is 2.32 bits per heavy atom. The van der Waals surface area contributed by atoms with Crippen LogP contribution in [0.1, 0.15) is 21.5 Å². The SMILES string of the molecule is Cc1cc(C(=O)O)c2[nH]c(-c3ccc(Oc4ccc(C#N)cc4)cc3)nc2c1. The lowest BCUT2D eigenvalue weighted by Crippen LogP contribution is -1.98. The van der Waals surface area contributed by atoms with Crippen molar-refractivity contribution in [3.8, 4) is 29.0 Å². The molecular weight excluding hydrogens is 354 g/mol. The highest BCUT2D eigenvalue weighted by molar-refractivity contribution is 6.02. The van der Waals surface area contributed by atoms with Crippen LogP contribution in [0.5, 0.6) is 11.5 Å². The van der Waals surface area contributed by atoms with E-state index >= 15 is 0 Å². The zero-order valence-electron chi connectivity index (χ0n) is 14.9. The summed E-state index contributed by atoms with van der Waals surface area (Å²) in [6, 6.07) is 19.7. The third-order valence-corrected chi connectivity index (χ3v) is 4.31. The van der Waals surface area contributed by atoms with Crippen LogP contribution >= 0.6 is 0 Å². The van der Waals surface area contributed by atoms with E-state index < -0.39 is 5.97 Å². The Labute approximate surface area is 160 Å². The van der Waals surface area contributed by atoms with Crippen molar-refractivity contribution in [3.05, 3.63) is 77.4 Å². The van der Waals surface area contributed by atoms with E-state index in [-0.39, 0.29) is 5.56 Å². The summed E-state index contributed by atoms with van der Waals surface area (Å²) in [6.07, 6.45) is 0. The summed E-state index contributed by atoms with van der Waals surface area (Å²) in [4.78, 5) is 19.1. The third kappa shape index (κ3) is 3.29. The number of hydrogen-bond donors (Lipinski definition) is 2. The normalized spacial score (nSPS) is 10.6. The molecule has 0 amide bonds. The summed E-state index contributed by atoms with van der Waals surface area (Å²) in [5, 5.41) is 18.3. The maximum Gasteiger partial charge on any atom is 0.337 e. The highest BCUT2D eigenvalue weighted by Gasteiger charge is 2.14. The van der Waals surface area contributed by atoms with Crippen molar-refractivity contribution >= 4 is 17.0 Å². The summed E-state index contributed by atoms with van der Waals surface area (Å²) in [5.74, 6) is 0.881. The van der Waals surface area contributed by atoms with Gasteiger partial charge >= 0.3 is 5.97 Å². The Morgan fingerprint density at radius 2 is 1.71 bits per heavy atom. The van der Waals surface area contributed by atoms with Crippen molar-refractivity contribution in [2.45, 2.75) is 6.92 Å². The molecule has 4 rings (SSSR count). The highest BCUT2D eigenvalue weighted by atomic mass is 16.5. The third-order valence-electron chi connectivity index (χ3n) is 4.31. The molecule has 0 saturated heterocycles. The number of H-pyrrole nitrogens is 1. The van der Waals surface area contributed by atoms with Gasteiger partial charge in [0, 0.05) is 5.56 Å². The van der Waals surface area contributed by atoms with E-state index in [4.69, 9.17) is 10.00 Å². The minimum absolute atomic E-state index is 0.203. The Balaban J connectivity index is 1.62. The summed E-state index contributed by atoms with van der Waals surface area (Å²) in [7, 11) is 0. The maximum atomic E-state index is 11.5. The van der Waals surface area contributed by atoms with Gasteiger partial charge in [0.2, 0.25) is 0 Å². The fourth-order valence-electron chi connectivity index (χ4n) is 2.97. The molecular formula is C22H15N3O3. The molecule has 0 atom stereocenters. The summed E-state index contributed by atoms with van der Waals surface area (Å²) in [6.45, 7) is 1.84. The topological polar surface area (TPSA) is 99.0 Å². The molecule has 136 valence electrons. The number of rotatable bonds is 4. The quantitative estimate of drug-likeness (QED) is 0.533. The van der Waals surface area contributed by atoms with E-state index in [1.165, 1.54) is 0 Å². The lowest BCUT2D eigenvalue weighted by Gasteiger charge is -2.06. The van der Waals surface area contributed by atoms with Gasteiger partial charge in [-0.1, -0.05) is 0 Å². The van der Waals surface area contributed by atoms with Gasteiger partial charge in [-0.3, -0.25) is 0 Å². The minimum atomic E-state index is -0.991. The second-order valence-corrected chi connectivity index (χ2v) is 6.36. The number of benzene rings is 3. The van der Waals surface area contributed by atoms with Crippen LogP contribution in [0.3, 0.4) is 0 Å². The highest BCUT2D eigenvalue weighted by Crippen LogP contribution is 2.27. The first kappa shape index (κ1) is 17.3. The lowest BCUT2D eigenvalue weighted by molar-refractivity contribution is 0.0698. The van der Waals surface area contributed by atoms with Crippen molar-refractivity contribution in [1.29, 1.82) is 5.26 Å². The Morgan fingerprint density at radius 1 is 1.07 bits per heavy atom. The Bertz CT molecular complexity index is 1220. The van der Waals surface area contributed by atoms with E-state index in [9.17, 15) is 9.90 Å². The zero-order chi connectivity index (χ0) is 19.7. The van der Waals surface area contributed by atoms with E-state index in [1.807, 2.05) is 37.3 Å². The second kappa shape index (κ2) is 6.89. The second-order valence-electron chi connectivity index (χ2n) is 6.36. The number of carbonyl (C=O) groups is 1. The molecule has 0 fully saturated rings. The van der Waals surface area contributed by atoms with Crippen molar-refractivity contribution < 1.29 is 14.6 Å². The van der Waals surface area contributed by atoms with Crippen LogP contribution in [0.15, 0.2) is 60.7 Å². The predicted octanol–water partition coefficient (Wildman–Crippen LogP) is 4.90. The number of ether oxygens (including phenoxy) is 1. The summed E-state index contributed by atoms with van der Waals surface area (Å²) in [5.41, 5.74) is 3.56. The molecule has 1 heterocycles. The number of aryl methyl sites for hydroxylation is 1. The standard InChI is InChI=1S/C22H15N3O3/c1-13-10-18(22(26)27)20-19(11-13)24-21(25-20)15-4-8-17(9-5-15)28-16-6-2-14(12-23)3-7-16/h2-11H,1H3,(H,24,25)(H,26,27). The lowest BCUT2D eigenvalue weighted by atomic mass is 10.1. The number of nitriles is 1. The number of carboxylic acids is 1. The smallest absolute Gasteiger partial charge is 0.337 e. The number of imidazole rings is 1. The monoisotopic (exact) mass is 369 g/mol. The molecule has 0 saturated carbocycles. The fourth-order valence-corrected chi connectivity index (χ4v) is 2.97. The number of nitrogens with one attached hydrogen (secondary N) is 1. The molecule has 2 N–H and O–H groups in total. The number of hydrogen-bond acceptors (Lipinski definition) is 4. The van der Waals surface area contributed by atoms with Crippen LogP contribution in [0.25, 0.3) is 22.4 Å². The van der Waals surface area contributed by atoms with E-state index in [0.29, 0.717) is 33.9 Å². The molecule has 3 aromatic carbocycles. The predicted molar refractivity (Wildman–Crippen MR) is 104 cm³/mol. The van der Waals surface area contributed by atoms with Crippen LogP contribution in [0.4, 0.5) is 0 Å². The van der Waals surface area contributed by atoms with Gasteiger partial charge in [-0.15, -0.1) is 0 Å². The number of aromatic amines is 1. The van der Waals surface area contributed by atoms with Crippen molar-refractivity contribution in [2.75, 3.05) is 0 Å². The van der Waals surface area contributed by atoms with Crippen LogP contribution in [0, 0.1) is 18.3 Å². The van der Waals surface area contributed by atoms with Gasteiger partial charge in [0.1, 0.15) is 17.3 Å². The van der Waals surface area contributed by atoms with Gasteiger partial charge in [0.05, 0.1) is 28.2 Å². The van der Waals surface area contributed by atoms with Crippen LogP contribution in [-0.2, 0) is 0 Å². The first-order valence-corrected chi connectivity index (χ1v) is 8.55. The average molecular weight is 369 g/mol. The van der Waals surface area contributed by atoms with E-state index in [0.717, 1.165) is 11.1 Å². The average Bonchev–Trinajstić information content (AvgIpc) is 3.12. The van der Waals surface area contributed by atoms with Crippen molar-refractivity contribution in [3.63, 3.8) is 0 Å². The fraction of sp³-hybridized carbons (Fsp3) is 0.0455. The molecule has 6 nitrogen and oxygen atoms in total. The molecule has 0 aliphatic carbocycles. The number of nitrogens with zero attached hydrogens (tertiary/aromatic N) is 2. The molecule has 0 bridgehead atoms. The van der Waals surface area contributed by atoms with Crippen molar-refractivity contribution in [2.24, 2.45) is 0 Å². The first-order chi connectivity index (χ1) is 13.5. The molecule has 28 heavy (non-hydrogen) atoms. The molecule has 0 aliphatic heterocycles. The van der Waals surface area contributed by atoms with Gasteiger partial charge in [-0.2, -0.15) is 5.26 Å². The van der Waals surface area contributed by atoms with Crippen LogP contribution in [-0.4, -0.2) is 21.0 Å². The Hall–Kier alpha value is -4.11. The van der Waals surface area contributed by atoms with Gasteiger partial charge < -0.3 is 14.8 Å². The van der Waals surface area contributed by atoms with E-state index in [1.54, 1.807) is 30.3 Å². The number of aromatic nitrogens is 2. The largest absolute Gasteiger partial charge is 0.478 e. The molecule has 6 heteroatoms. The van der Waals surface area contributed by atoms with Crippen LogP contribution in [0.2, 0.25) is 0 Å². The summed E-state index contributed by atoms with van der Waals surface area (Å²) < 4.78 is 5.78. The number of fused-ring (bicyclic) bond motifs is 1. The van der Waals surface area contributed by atoms with Gasteiger partial charge in [-0.05, 0) is 73.2 Å². The molecule has 0 unspecified atom stereocenters. The minimum Gasteiger partial charge on any atom is -0.478 e. The van der Waals surface area contributed by atoms with Gasteiger partial charge in [0.15, 0.2) is 0 Å². The zero-order valence-corrected chi connectivity index (χ0v) is 14.9.